The Bertz CT molecular complexity index is 464. The minimum absolute atomic E-state index is 0.0330. The summed E-state index contributed by atoms with van der Waals surface area (Å²) < 4.78 is 0. The van der Waals surface area contributed by atoms with Crippen LogP contribution in [0.25, 0.3) is 0 Å². The van der Waals surface area contributed by atoms with Crippen molar-refractivity contribution < 1.29 is 14.7 Å². The van der Waals surface area contributed by atoms with Gasteiger partial charge in [-0.05, 0) is 22.4 Å². The summed E-state index contributed by atoms with van der Waals surface area (Å²) in [6.07, 6.45) is 0. The van der Waals surface area contributed by atoms with E-state index < -0.39 is 12.0 Å². The Hall–Kier alpha value is -1.05. The zero-order valence-corrected chi connectivity index (χ0v) is 13.0. The lowest BCUT2D eigenvalue weighted by Gasteiger charge is -2.33. The van der Waals surface area contributed by atoms with E-state index in [0.29, 0.717) is 18.8 Å². The molecular weight excluding hydrogens is 296 g/mol. The number of amides is 1. The summed E-state index contributed by atoms with van der Waals surface area (Å²) >= 11 is 3.23. The molecule has 7 heteroatoms. The molecule has 0 radical (unpaired) electrons. The molecule has 5 nitrogen and oxygen atoms in total. The number of likely N-dealkylation sites (N-methyl/N-ethyl adjacent to an activating group) is 1. The van der Waals surface area contributed by atoms with Crippen LogP contribution >= 0.6 is 23.1 Å². The van der Waals surface area contributed by atoms with Crippen molar-refractivity contribution in [1.29, 1.82) is 0 Å². The molecule has 1 unspecified atom stereocenters. The molecule has 20 heavy (non-hydrogen) atoms. The number of carbonyl (C=O) groups is 2. The fraction of sp³-hybridized carbons (Fsp3) is 0.538. The first-order valence-electron chi connectivity index (χ1n) is 6.37. The molecule has 0 aromatic carbocycles. The number of rotatable bonds is 5. The maximum absolute atomic E-state index is 12.2. The summed E-state index contributed by atoms with van der Waals surface area (Å²) in [7, 11) is 1.76. The van der Waals surface area contributed by atoms with Gasteiger partial charge in [0.15, 0.2) is 0 Å². The molecule has 1 aliphatic heterocycles. The summed E-state index contributed by atoms with van der Waals surface area (Å²) in [4.78, 5) is 26.8. The van der Waals surface area contributed by atoms with Gasteiger partial charge in [0.2, 0.25) is 5.91 Å². The van der Waals surface area contributed by atoms with E-state index in [1.54, 1.807) is 39.9 Å². The molecule has 1 saturated heterocycles. The van der Waals surface area contributed by atoms with Crippen molar-refractivity contribution in [2.75, 3.05) is 31.6 Å². The number of thiophene rings is 1. The third-order valence-electron chi connectivity index (χ3n) is 3.29. The SMILES string of the molecule is CN(Cc1ccsc1)C(=O)CN1CCSCC1C(=O)O. The van der Waals surface area contributed by atoms with Crippen LogP contribution in [0.15, 0.2) is 16.8 Å². The first-order valence-corrected chi connectivity index (χ1v) is 8.47. The molecule has 0 spiro atoms. The van der Waals surface area contributed by atoms with E-state index in [1.807, 2.05) is 16.8 Å². The zero-order chi connectivity index (χ0) is 14.5. The maximum atomic E-state index is 12.2. The Morgan fingerprint density at radius 2 is 2.35 bits per heavy atom. The number of carboxylic acids is 1. The second kappa shape index (κ2) is 7.10. The average molecular weight is 314 g/mol. The molecule has 0 bridgehead atoms. The molecule has 1 aromatic rings. The normalized spacial score (nSPS) is 19.8. The second-order valence-electron chi connectivity index (χ2n) is 4.78. The summed E-state index contributed by atoms with van der Waals surface area (Å²) in [5.74, 6) is 0.558. The van der Waals surface area contributed by atoms with Gasteiger partial charge in [-0.15, -0.1) is 0 Å². The first kappa shape index (κ1) is 15.3. The molecule has 0 aliphatic carbocycles. The molecule has 1 aliphatic rings. The Morgan fingerprint density at radius 1 is 1.55 bits per heavy atom. The zero-order valence-electron chi connectivity index (χ0n) is 11.3. The summed E-state index contributed by atoms with van der Waals surface area (Å²) in [5, 5.41) is 13.2. The van der Waals surface area contributed by atoms with Crippen molar-refractivity contribution in [3.8, 4) is 0 Å². The van der Waals surface area contributed by atoms with Gasteiger partial charge in [0.05, 0.1) is 6.54 Å². The van der Waals surface area contributed by atoms with Crippen LogP contribution in [-0.2, 0) is 16.1 Å². The van der Waals surface area contributed by atoms with Gasteiger partial charge >= 0.3 is 5.97 Å². The quantitative estimate of drug-likeness (QED) is 0.885. The van der Waals surface area contributed by atoms with Crippen LogP contribution in [0.1, 0.15) is 5.56 Å². The molecule has 110 valence electrons. The lowest BCUT2D eigenvalue weighted by molar-refractivity contribution is -0.143. The fourth-order valence-electron chi connectivity index (χ4n) is 2.09. The molecule has 1 N–H and O–H groups in total. The van der Waals surface area contributed by atoms with Crippen LogP contribution in [0.2, 0.25) is 0 Å². The van der Waals surface area contributed by atoms with Gasteiger partial charge in [-0.1, -0.05) is 0 Å². The van der Waals surface area contributed by atoms with Crippen LogP contribution in [0.4, 0.5) is 0 Å². The van der Waals surface area contributed by atoms with Crippen molar-refractivity contribution in [2.45, 2.75) is 12.6 Å². The van der Waals surface area contributed by atoms with E-state index in [-0.39, 0.29) is 12.5 Å². The maximum Gasteiger partial charge on any atom is 0.321 e. The number of thioether (sulfide) groups is 1. The van der Waals surface area contributed by atoms with E-state index in [9.17, 15) is 14.7 Å². The summed E-state index contributed by atoms with van der Waals surface area (Å²) in [6.45, 7) is 1.40. The van der Waals surface area contributed by atoms with Crippen LogP contribution in [0.5, 0.6) is 0 Å². The Morgan fingerprint density at radius 3 is 3.00 bits per heavy atom. The lowest BCUT2D eigenvalue weighted by atomic mass is 10.2. The van der Waals surface area contributed by atoms with E-state index in [4.69, 9.17) is 0 Å². The Kier molecular flexibility index (Phi) is 5.45. The van der Waals surface area contributed by atoms with Gasteiger partial charge in [0.25, 0.3) is 0 Å². The highest BCUT2D eigenvalue weighted by atomic mass is 32.2. The molecule has 0 saturated carbocycles. The van der Waals surface area contributed by atoms with Gasteiger partial charge in [0.1, 0.15) is 6.04 Å². The molecular formula is C13H18N2O3S2. The summed E-state index contributed by atoms with van der Waals surface area (Å²) in [5.41, 5.74) is 1.11. The second-order valence-corrected chi connectivity index (χ2v) is 6.71. The number of nitrogens with zero attached hydrogens (tertiary/aromatic N) is 2. The Balaban J connectivity index is 1.90. The third kappa shape index (κ3) is 3.97. The third-order valence-corrected chi connectivity index (χ3v) is 5.04. The van der Waals surface area contributed by atoms with E-state index in [2.05, 4.69) is 0 Å². The van der Waals surface area contributed by atoms with Crippen molar-refractivity contribution >= 4 is 35.0 Å². The minimum Gasteiger partial charge on any atom is -0.480 e. The Labute approximate surface area is 126 Å². The lowest BCUT2D eigenvalue weighted by Crippen LogP contribution is -2.51. The van der Waals surface area contributed by atoms with Crippen molar-refractivity contribution in [3.05, 3.63) is 22.4 Å². The highest BCUT2D eigenvalue weighted by molar-refractivity contribution is 7.99. The highest BCUT2D eigenvalue weighted by Crippen LogP contribution is 2.17. The summed E-state index contributed by atoms with van der Waals surface area (Å²) in [6, 6.07) is 1.44. The van der Waals surface area contributed by atoms with Gasteiger partial charge in [-0.25, -0.2) is 0 Å². The largest absolute Gasteiger partial charge is 0.480 e. The number of carboxylic acid groups (broad SMARTS) is 1. The monoisotopic (exact) mass is 314 g/mol. The van der Waals surface area contributed by atoms with E-state index >= 15 is 0 Å². The van der Waals surface area contributed by atoms with Crippen LogP contribution in [0.3, 0.4) is 0 Å². The van der Waals surface area contributed by atoms with Gasteiger partial charge in [0, 0.05) is 31.6 Å². The number of hydrogen-bond acceptors (Lipinski definition) is 5. The van der Waals surface area contributed by atoms with Gasteiger partial charge in [-0.3, -0.25) is 14.5 Å². The van der Waals surface area contributed by atoms with Crippen molar-refractivity contribution in [2.24, 2.45) is 0 Å². The van der Waals surface area contributed by atoms with Crippen molar-refractivity contribution in [3.63, 3.8) is 0 Å². The van der Waals surface area contributed by atoms with Crippen molar-refractivity contribution in [1.82, 2.24) is 9.80 Å². The molecule has 1 aromatic heterocycles. The molecule has 2 rings (SSSR count). The fourth-order valence-corrected chi connectivity index (χ4v) is 3.86. The van der Waals surface area contributed by atoms with E-state index in [0.717, 1.165) is 11.3 Å². The molecule has 1 amide bonds. The smallest absolute Gasteiger partial charge is 0.321 e. The van der Waals surface area contributed by atoms with Crippen LogP contribution in [-0.4, -0.2) is 64.5 Å². The van der Waals surface area contributed by atoms with Crippen LogP contribution in [0, 0.1) is 0 Å². The number of aliphatic carboxylic acids is 1. The van der Waals surface area contributed by atoms with Gasteiger partial charge < -0.3 is 10.0 Å². The molecule has 1 fully saturated rings. The number of carbonyl (C=O) groups excluding carboxylic acids is 1. The first-order chi connectivity index (χ1) is 9.58. The average Bonchev–Trinajstić information content (AvgIpc) is 2.91. The predicted molar refractivity (Wildman–Crippen MR) is 81.1 cm³/mol. The molecule has 1 atom stereocenters. The topological polar surface area (TPSA) is 60.9 Å². The van der Waals surface area contributed by atoms with E-state index in [1.165, 1.54) is 0 Å². The highest BCUT2D eigenvalue weighted by Gasteiger charge is 2.30. The standard InChI is InChI=1S/C13H18N2O3S2/c1-14(6-10-2-4-19-8-10)12(16)7-15-3-5-20-9-11(15)13(17)18/h2,4,8,11H,3,5-7,9H2,1H3,(H,17,18). The van der Waals surface area contributed by atoms with Gasteiger partial charge in [-0.2, -0.15) is 23.1 Å². The predicted octanol–water partition coefficient (Wildman–Crippen LogP) is 1.21. The number of hydrogen-bond donors (Lipinski definition) is 1. The minimum atomic E-state index is -0.842. The molecule has 2 heterocycles. The van der Waals surface area contributed by atoms with Crippen LogP contribution < -0.4 is 0 Å².